The zero-order valence-electron chi connectivity index (χ0n) is 15.9. The predicted molar refractivity (Wildman–Crippen MR) is 109 cm³/mol. The molecular formula is C21H20N4O2S. The van der Waals surface area contributed by atoms with E-state index in [0.29, 0.717) is 23.2 Å². The third-order valence-corrected chi connectivity index (χ3v) is 5.26. The summed E-state index contributed by atoms with van der Waals surface area (Å²) in [5.41, 5.74) is 4.02. The predicted octanol–water partition coefficient (Wildman–Crippen LogP) is 4.40. The van der Waals surface area contributed by atoms with E-state index in [1.54, 1.807) is 4.90 Å². The van der Waals surface area contributed by atoms with Gasteiger partial charge in [0.1, 0.15) is 0 Å². The molecule has 4 rings (SSSR count). The van der Waals surface area contributed by atoms with Crippen molar-refractivity contribution in [3.8, 4) is 17.1 Å². The van der Waals surface area contributed by atoms with E-state index < -0.39 is 6.23 Å². The van der Waals surface area contributed by atoms with Crippen LogP contribution in [0.2, 0.25) is 0 Å². The molecule has 1 aromatic heterocycles. The molecular weight excluding hydrogens is 372 g/mol. The van der Waals surface area contributed by atoms with Gasteiger partial charge in [-0.2, -0.15) is 4.98 Å². The Labute approximate surface area is 168 Å². The highest BCUT2D eigenvalue weighted by Crippen LogP contribution is 2.43. The molecule has 0 spiro atoms. The second kappa shape index (κ2) is 7.59. The summed E-state index contributed by atoms with van der Waals surface area (Å²) in [6, 6.07) is 15.6. The molecule has 28 heavy (non-hydrogen) atoms. The smallest absolute Gasteiger partial charge is 0.247 e. The number of carbonyl (C=O) groups excluding carboxylic acids is 1. The van der Waals surface area contributed by atoms with E-state index in [9.17, 15) is 4.79 Å². The van der Waals surface area contributed by atoms with E-state index in [4.69, 9.17) is 4.74 Å². The summed E-state index contributed by atoms with van der Waals surface area (Å²) in [6.45, 7) is 3.86. The average Bonchev–Trinajstić information content (AvgIpc) is 2.87. The Morgan fingerprint density at radius 3 is 2.64 bits per heavy atom. The number of amides is 1. The van der Waals surface area contributed by atoms with Gasteiger partial charge in [-0.05, 0) is 24.8 Å². The van der Waals surface area contributed by atoms with Crippen LogP contribution in [0.3, 0.4) is 0 Å². The van der Waals surface area contributed by atoms with Crippen LogP contribution in [-0.4, -0.2) is 27.3 Å². The fourth-order valence-electron chi connectivity index (χ4n) is 3.31. The standard InChI is InChI=1S/C21H20N4O2S/c1-4-17(26)25-16-12-8-7-11-15(16)18-19(22-21(28-3)24-23-18)27-20(25)14-10-6-5-9-13(14)2/h5-12,20H,4H2,1-3H3/t20-/m0/s1. The summed E-state index contributed by atoms with van der Waals surface area (Å²) in [6.07, 6.45) is 1.60. The van der Waals surface area contributed by atoms with E-state index in [0.717, 1.165) is 22.4 Å². The van der Waals surface area contributed by atoms with Gasteiger partial charge in [0.25, 0.3) is 0 Å². The maximum absolute atomic E-state index is 13.0. The molecule has 2 aromatic carbocycles. The van der Waals surface area contributed by atoms with Gasteiger partial charge in [0.15, 0.2) is 5.69 Å². The van der Waals surface area contributed by atoms with Crippen molar-refractivity contribution >= 4 is 23.4 Å². The summed E-state index contributed by atoms with van der Waals surface area (Å²) in [5, 5.41) is 9.06. The Morgan fingerprint density at radius 1 is 1.14 bits per heavy atom. The molecule has 7 heteroatoms. The van der Waals surface area contributed by atoms with E-state index >= 15 is 0 Å². The fourth-order valence-corrected chi connectivity index (χ4v) is 3.60. The Bertz CT molecular complexity index is 1040. The van der Waals surface area contributed by atoms with Gasteiger partial charge in [-0.15, -0.1) is 10.2 Å². The van der Waals surface area contributed by atoms with Crippen molar-refractivity contribution in [2.75, 3.05) is 11.2 Å². The maximum atomic E-state index is 13.0. The van der Waals surface area contributed by atoms with Crippen molar-refractivity contribution < 1.29 is 9.53 Å². The SMILES string of the molecule is CCC(=O)N1c2ccccc2-c2nnc(SC)nc2O[C@H]1c1ccccc1C. The quantitative estimate of drug-likeness (QED) is 0.615. The molecule has 1 atom stereocenters. The molecule has 0 radical (unpaired) electrons. The molecule has 2 heterocycles. The van der Waals surface area contributed by atoms with E-state index in [1.165, 1.54) is 11.8 Å². The molecule has 0 N–H and O–H groups in total. The minimum atomic E-state index is -0.637. The molecule has 3 aromatic rings. The van der Waals surface area contributed by atoms with Crippen molar-refractivity contribution in [1.29, 1.82) is 0 Å². The lowest BCUT2D eigenvalue weighted by Crippen LogP contribution is -2.37. The highest BCUT2D eigenvalue weighted by atomic mass is 32.2. The topological polar surface area (TPSA) is 68.2 Å². The zero-order valence-corrected chi connectivity index (χ0v) is 16.7. The number of nitrogens with zero attached hydrogens (tertiary/aromatic N) is 4. The lowest BCUT2D eigenvalue weighted by molar-refractivity contribution is -0.120. The number of aromatic nitrogens is 3. The summed E-state index contributed by atoms with van der Waals surface area (Å²) in [7, 11) is 0. The number of carbonyl (C=O) groups is 1. The Morgan fingerprint density at radius 2 is 1.89 bits per heavy atom. The summed E-state index contributed by atoms with van der Waals surface area (Å²) < 4.78 is 6.36. The Hall–Kier alpha value is -2.93. The third kappa shape index (κ3) is 3.11. The highest BCUT2D eigenvalue weighted by molar-refractivity contribution is 7.98. The Balaban J connectivity index is 2.00. The third-order valence-electron chi connectivity index (χ3n) is 4.72. The average molecular weight is 392 g/mol. The molecule has 1 aliphatic rings. The largest absolute Gasteiger partial charge is 0.447 e. The first-order valence-corrected chi connectivity index (χ1v) is 10.3. The van der Waals surface area contributed by atoms with Crippen LogP contribution >= 0.6 is 11.8 Å². The van der Waals surface area contributed by atoms with Crippen molar-refractivity contribution in [2.45, 2.75) is 31.7 Å². The second-order valence-corrected chi connectivity index (χ2v) is 7.19. The van der Waals surface area contributed by atoms with Gasteiger partial charge in [0, 0.05) is 17.5 Å². The second-order valence-electron chi connectivity index (χ2n) is 6.41. The van der Waals surface area contributed by atoms with Crippen LogP contribution in [0.4, 0.5) is 5.69 Å². The van der Waals surface area contributed by atoms with Gasteiger partial charge in [-0.3, -0.25) is 9.69 Å². The van der Waals surface area contributed by atoms with Crippen molar-refractivity contribution in [3.05, 3.63) is 59.7 Å². The summed E-state index contributed by atoms with van der Waals surface area (Å²) in [5.74, 6) is 0.345. The molecule has 142 valence electrons. The number of hydrogen-bond donors (Lipinski definition) is 0. The number of aryl methyl sites for hydroxylation is 1. The van der Waals surface area contributed by atoms with Crippen molar-refractivity contribution in [3.63, 3.8) is 0 Å². The first kappa shape index (κ1) is 18.4. The van der Waals surface area contributed by atoms with Crippen molar-refractivity contribution in [2.24, 2.45) is 0 Å². The minimum Gasteiger partial charge on any atom is -0.447 e. The highest BCUT2D eigenvalue weighted by Gasteiger charge is 2.35. The molecule has 0 bridgehead atoms. The lowest BCUT2D eigenvalue weighted by atomic mass is 10.0. The van der Waals surface area contributed by atoms with Gasteiger partial charge in [0.05, 0.1) is 5.69 Å². The molecule has 0 saturated carbocycles. The van der Waals surface area contributed by atoms with Crippen LogP contribution in [0.15, 0.2) is 53.7 Å². The fraction of sp³-hybridized carbons (Fsp3) is 0.238. The van der Waals surface area contributed by atoms with Crippen LogP contribution in [0, 0.1) is 6.92 Å². The van der Waals surface area contributed by atoms with E-state index in [2.05, 4.69) is 15.2 Å². The van der Waals surface area contributed by atoms with Crippen LogP contribution in [-0.2, 0) is 4.79 Å². The summed E-state index contributed by atoms with van der Waals surface area (Å²) >= 11 is 1.40. The van der Waals surface area contributed by atoms with Crippen LogP contribution in [0.25, 0.3) is 11.3 Å². The van der Waals surface area contributed by atoms with Gasteiger partial charge in [-0.1, -0.05) is 61.2 Å². The summed E-state index contributed by atoms with van der Waals surface area (Å²) in [4.78, 5) is 19.3. The number of thioether (sulfide) groups is 1. The molecule has 0 aliphatic carbocycles. The number of fused-ring (bicyclic) bond motifs is 3. The molecule has 0 saturated heterocycles. The minimum absolute atomic E-state index is 0.0356. The maximum Gasteiger partial charge on any atom is 0.247 e. The molecule has 1 aliphatic heterocycles. The first-order chi connectivity index (χ1) is 13.6. The van der Waals surface area contributed by atoms with Gasteiger partial charge >= 0.3 is 0 Å². The van der Waals surface area contributed by atoms with Crippen LogP contribution in [0.5, 0.6) is 5.88 Å². The van der Waals surface area contributed by atoms with E-state index in [-0.39, 0.29) is 5.91 Å². The van der Waals surface area contributed by atoms with Crippen molar-refractivity contribution in [1.82, 2.24) is 15.2 Å². The number of anilines is 1. The number of rotatable bonds is 3. The molecule has 1 amide bonds. The molecule has 6 nitrogen and oxygen atoms in total. The zero-order chi connectivity index (χ0) is 19.7. The van der Waals surface area contributed by atoms with Gasteiger partial charge < -0.3 is 4.74 Å². The normalized spacial score (nSPS) is 15.2. The monoisotopic (exact) mass is 392 g/mol. The number of para-hydroxylation sites is 1. The molecule has 0 unspecified atom stereocenters. The van der Waals surface area contributed by atoms with Crippen LogP contribution < -0.4 is 9.64 Å². The van der Waals surface area contributed by atoms with Crippen LogP contribution in [0.1, 0.15) is 30.7 Å². The van der Waals surface area contributed by atoms with Gasteiger partial charge in [0.2, 0.25) is 23.2 Å². The lowest BCUT2D eigenvalue weighted by Gasteiger charge is -2.31. The van der Waals surface area contributed by atoms with E-state index in [1.807, 2.05) is 68.6 Å². The number of hydrogen-bond acceptors (Lipinski definition) is 6. The number of ether oxygens (including phenoxy) is 1. The molecule has 0 fully saturated rings. The first-order valence-electron chi connectivity index (χ1n) is 9.06. The number of benzene rings is 2. The Kier molecular flexibility index (Phi) is 5.00. The van der Waals surface area contributed by atoms with Gasteiger partial charge in [-0.25, -0.2) is 0 Å².